The Labute approximate surface area is 116 Å². The Kier molecular flexibility index (Phi) is 6.01. The minimum atomic E-state index is -3.44. The Balaban J connectivity index is 2.70. The van der Waals surface area contributed by atoms with E-state index in [4.69, 9.17) is 18.0 Å². The van der Waals surface area contributed by atoms with E-state index in [1.165, 1.54) is 26.2 Å². The van der Waals surface area contributed by atoms with Crippen molar-refractivity contribution in [2.75, 3.05) is 0 Å². The maximum Gasteiger partial charge on any atom is 0.220 e. The van der Waals surface area contributed by atoms with E-state index in [0.717, 1.165) is 19.3 Å². The largest absolute Gasteiger partial charge is 0.392 e. The van der Waals surface area contributed by atoms with Crippen LogP contribution in [0.3, 0.4) is 0 Å². The molecule has 1 saturated carbocycles. The maximum atomic E-state index is 12.1. The van der Waals surface area contributed by atoms with Crippen molar-refractivity contribution in [3.63, 3.8) is 0 Å². The van der Waals surface area contributed by atoms with Crippen molar-refractivity contribution in [1.29, 1.82) is 0 Å². The first-order valence-electron chi connectivity index (χ1n) is 6.69. The molecule has 0 bridgehead atoms. The number of hydrogen-bond acceptors (Lipinski definition) is 3. The van der Waals surface area contributed by atoms with Crippen LogP contribution in [0.2, 0.25) is 0 Å². The Bertz CT molecular complexity index is 376. The number of thiocarbonyl (C=S) groups is 1. The van der Waals surface area contributed by atoms with Gasteiger partial charge in [0.2, 0.25) is 10.0 Å². The predicted molar refractivity (Wildman–Crippen MR) is 79.0 cm³/mol. The van der Waals surface area contributed by atoms with Gasteiger partial charge in [-0.25, -0.2) is 13.1 Å². The van der Waals surface area contributed by atoms with Crippen LogP contribution in [0.15, 0.2) is 0 Å². The molecule has 1 aliphatic carbocycles. The first-order chi connectivity index (χ1) is 8.38. The topological polar surface area (TPSA) is 72.2 Å². The molecule has 0 aromatic carbocycles. The summed E-state index contributed by atoms with van der Waals surface area (Å²) in [5.74, 6) is 0.456. The molecule has 0 amide bonds. The van der Waals surface area contributed by atoms with Crippen LogP contribution >= 0.6 is 12.2 Å². The van der Waals surface area contributed by atoms with Crippen molar-refractivity contribution < 1.29 is 8.42 Å². The van der Waals surface area contributed by atoms with Crippen molar-refractivity contribution in [2.24, 2.45) is 11.7 Å². The summed E-state index contributed by atoms with van der Waals surface area (Å²) in [6.45, 7) is 3.56. The zero-order chi connectivity index (χ0) is 13.8. The third kappa shape index (κ3) is 4.17. The molecule has 1 fully saturated rings. The van der Waals surface area contributed by atoms with E-state index in [1.807, 2.05) is 6.92 Å². The molecule has 0 aromatic heterocycles. The molecule has 0 aliphatic heterocycles. The second-order valence-corrected chi connectivity index (χ2v) is 7.62. The Morgan fingerprint density at radius 2 is 1.94 bits per heavy atom. The highest BCUT2D eigenvalue weighted by Crippen LogP contribution is 2.28. The number of sulfonamides is 1. The fourth-order valence-electron chi connectivity index (χ4n) is 2.52. The van der Waals surface area contributed by atoms with Crippen LogP contribution in [-0.4, -0.2) is 24.7 Å². The molecule has 106 valence electrons. The normalized spacial score (nSPS) is 21.4. The third-order valence-corrected chi connectivity index (χ3v) is 6.16. The van der Waals surface area contributed by atoms with E-state index in [0.29, 0.717) is 5.92 Å². The minimum absolute atomic E-state index is 0.0205. The molecule has 2 unspecified atom stereocenters. The second-order valence-electron chi connectivity index (χ2n) is 5.12. The Morgan fingerprint density at radius 1 is 1.39 bits per heavy atom. The molecule has 2 atom stereocenters. The lowest BCUT2D eigenvalue weighted by molar-refractivity contribution is 0.285. The van der Waals surface area contributed by atoms with Gasteiger partial charge in [0.25, 0.3) is 0 Å². The molecule has 0 spiro atoms. The average molecular weight is 292 g/mol. The molecule has 0 radical (unpaired) electrons. The lowest BCUT2D eigenvalue weighted by atomic mass is 9.83. The SMILES string of the molecule is CCC(NS(=O)(=O)C(C)C(N)=S)C1CCCCC1. The highest BCUT2D eigenvalue weighted by atomic mass is 32.2. The van der Waals surface area contributed by atoms with Gasteiger partial charge in [-0.05, 0) is 32.1 Å². The Hall–Kier alpha value is -0.200. The van der Waals surface area contributed by atoms with Crippen LogP contribution in [0.25, 0.3) is 0 Å². The smallest absolute Gasteiger partial charge is 0.220 e. The second kappa shape index (κ2) is 6.82. The lowest BCUT2D eigenvalue weighted by Crippen LogP contribution is -2.47. The van der Waals surface area contributed by atoms with Gasteiger partial charge >= 0.3 is 0 Å². The zero-order valence-electron chi connectivity index (χ0n) is 11.2. The van der Waals surface area contributed by atoms with Crippen molar-refractivity contribution in [1.82, 2.24) is 4.72 Å². The van der Waals surface area contributed by atoms with E-state index in [9.17, 15) is 8.42 Å². The molecule has 3 N–H and O–H groups in total. The van der Waals surface area contributed by atoms with Crippen molar-refractivity contribution in [2.45, 2.75) is 63.7 Å². The first-order valence-corrected chi connectivity index (χ1v) is 8.64. The fourth-order valence-corrected chi connectivity index (χ4v) is 4.19. The third-order valence-electron chi connectivity index (χ3n) is 3.84. The van der Waals surface area contributed by atoms with E-state index in [1.54, 1.807) is 0 Å². The first kappa shape index (κ1) is 15.9. The van der Waals surface area contributed by atoms with Gasteiger partial charge in [0, 0.05) is 6.04 Å². The van der Waals surface area contributed by atoms with E-state index >= 15 is 0 Å². The van der Waals surface area contributed by atoms with Crippen molar-refractivity contribution in [3.8, 4) is 0 Å². The van der Waals surface area contributed by atoms with Gasteiger partial charge < -0.3 is 5.73 Å². The number of hydrogen-bond donors (Lipinski definition) is 2. The summed E-state index contributed by atoms with van der Waals surface area (Å²) in [5.41, 5.74) is 5.43. The van der Waals surface area contributed by atoms with E-state index in [-0.39, 0.29) is 11.0 Å². The molecule has 0 heterocycles. The van der Waals surface area contributed by atoms with Crippen molar-refractivity contribution in [3.05, 3.63) is 0 Å². The average Bonchev–Trinajstić information content (AvgIpc) is 2.36. The summed E-state index contributed by atoms with van der Waals surface area (Å²) in [4.78, 5) is 0.0287. The van der Waals surface area contributed by atoms with Gasteiger partial charge in [0.1, 0.15) is 5.25 Å². The highest BCUT2D eigenvalue weighted by Gasteiger charge is 2.30. The standard InChI is InChI=1S/C12H24N2O2S2/c1-3-11(10-7-5-4-6-8-10)14-18(15,16)9(2)12(13)17/h9-11,14H,3-8H2,1-2H3,(H2,13,17). The molecule has 1 rings (SSSR count). The fraction of sp³-hybridized carbons (Fsp3) is 0.917. The van der Waals surface area contributed by atoms with Crippen LogP contribution in [0.4, 0.5) is 0 Å². The highest BCUT2D eigenvalue weighted by molar-refractivity contribution is 7.93. The van der Waals surface area contributed by atoms with Crippen molar-refractivity contribution >= 4 is 27.2 Å². The summed E-state index contributed by atoms with van der Waals surface area (Å²) in [7, 11) is -3.44. The monoisotopic (exact) mass is 292 g/mol. The van der Waals surface area contributed by atoms with Crippen LogP contribution in [0.1, 0.15) is 52.4 Å². The summed E-state index contributed by atoms with van der Waals surface area (Å²) in [6, 6.07) is 0.0205. The molecule has 6 heteroatoms. The van der Waals surface area contributed by atoms with Gasteiger partial charge in [0.15, 0.2) is 0 Å². The van der Waals surface area contributed by atoms with Gasteiger partial charge in [0.05, 0.1) is 4.99 Å². The van der Waals surface area contributed by atoms with Crippen LogP contribution < -0.4 is 10.5 Å². The minimum Gasteiger partial charge on any atom is -0.392 e. The van der Waals surface area contributed by atoms with Crippen LogP contribution in [0.5, 0.6) is 0 Å². The lowest BCUT2D eigenvalue weighted by Gasteiger charge is -2.30. The molecular weight excluding hydrogens is 268 g/mol. The van der Waals surface area contributed by atoms with E-state index in [2.05, 4.69) is 4.72 Å². The van der Waals surface area contributed by atoms with Gasteiger partial charge in [-0.15, -0.1) is 0 Å². The molecule has 1 aliphatic rings. The van der Waals surface area contributed by atoms with Gasteiger partial charge in [-0.1, -0.05) is 38.4 Å². The van der Waals surface area contributed by atoms with Crippen LogP contribution in [0, 0.1) is 5.92 Å². The maximum absolute atomic E-state index is 12.1. The summed E-state index contributed by atoms with van der Waals surface area (Å²) in [5, 5.41) is -0.801. The van der Waals surface area contributed by atoms with Gasteiger partial charge in [-0.2, -0.15) is 0 Å². The molecule has 0 saturated heterocycles. The van der Waals surface area contributed by atoms with E-state index < -0.39 is 15.3 Å². The molecule has 18 heavy (non-hydrogen) atoms. The number of nitrogens with one attached hydrogen (secondary N) is 1. The summed E-state index contributed by atoms with van der Waals surface area (Å²) >= 11 is 4.77. The zero-order valence-corrected chi connectivity index (χ0v) is 12.8. The molecule has 4 nitrogen and oxygen atoms in total. The predicted octanol–water partition coefficient (Wildman–Crippen LogP) is 1.94. The molecule has 0 aromatic rings. The molecular formula is C12H24N2O2S2. The summed E-state index contributed by atoms with van der Waals surface area (Å²) in [6.07, 6.45) is 6.71. The Morgan fingerprint density at radius 3 is 2.39 bits per heavy atom. The van der Waals surface area contributed by atoms with Crippen LogP contribution in [-0.2, 0) is 10.0 Å². The quantitative estimate of drug-likeness (QED) is 0.734. The number of rotatable bonds is 6. The van der Waals surface area contributed by atoms with Gasteiger partial charge in [-0.3, -0.25) is 0 Å². The number of nitrogens with two attached hydrogens (primary N) is 1. The summed E-state index contributed by atoms with van der Waals surface area (Å²) < 4.78 is 27.0.